The van der Waals surface area contributed by atoms with Crippen molar-refractivity contribution in [2.45, 2.75) is 33.3 Å². The molecule has 9 nitrogen and oxygen atoms in total. The lowest BCUT2D eigenvalue weighted by atomic mass is 9.98. The zero-order valence-electron chi connectivity index (χ0n) is 19.5. The zero-order valence-corrected chi connectivity index (χ0v) is 20.4. The van der Waals surface area contributed by atoms with Crippen molar-refractivity contribution in [3.63, 3.8) is 0 Å². The van der Waals surface area contributed by atoms with Crippen LogP contribution in [0.25, 0.3) is 0 Å². The maximum absolute atomic E-state index is 12.6. The highest BCUT2D eigenvalue weighted by atomic mass is 32.1. The van der Waals surface area contributed by atoms with Crippen molar-refractivity contribution in [2.75, 3.05) is 22.9 Å². The van der Waals surface area contributed by atoms with E-state index in [9.17, 15) is 19.7 Å². The van der Waals surface area contributed by atoms with E-state index >= 15 is 0 Å². The number of nitrogens with zero attached hydrogens (tertiary/aromatic N) is 4. The molecule has 0 bridgehead atoms. The summed E-state index contributed by atoms with van der Waals surface area (Å²) in [5.74, 6) is -0.265. The quantitative estimate of drug-likeness (QED) is 0.248. The molecular weight excluding hydrogens is 468 g/mol. The van der Waals surface area contributed by atoms with Gasteiger partial charge in [-0.3, -0.25) is 19.8 Å². The molecule has 1 amide bonds. The number of nitro benzene ring substituents is 1. The lowest BCUT2D eigenvalue weighted by Crippen LogP contribution is -2.33. The van der Waals surface area contributed by atoms with Crippen molar-refractivity contribution in [3.8, 4) is 0 Å². The summed E-state index contributed by atoms with van der Waals surface area (Å²) >= 11 is 1.26. The first kappa shape index (κ1) is 24.3. The molecule has 3 aromatic rings. The van der Waals surface area contributed by atoms with E-state index in [2.05, 4.69) is 11.9 Å². The number of carbonyl (C=O) groups is 2. The van der Waals surface area contributed by atoms with Gasteiger partial charge in [0.1, 0.15) is 12.3 Å². The van der Waals surface area contributed by atoms with Gasteiger partial charge in [0.2, 0.25) is 5.91 Å². The number of esters is 1. The molecule has 1 fully saturated rings. The maximum atomic E-state index is 12.6. The van der Waals surface area contributed by atoms with E-state index in [0.717, 1.165) is 25.9 Å². The first-order valence-corrected chi connectivity index (χ1v) is 12.2. The molecule has 1 aliphatic heterocycles. The van der Waals surface area contributed by atoms with Crippen molar-refractivity contribution in [1.82, 2.24) is 4.98 Å². The summed E-state index contributed by atoms with van der Waals surface area (Å²) in [5, 5.41) is 13.9. The molecule has 0 saturated carbocycles. The first-order chi connectivity index (χ1) is 16.8. The van der Waals surface area contributed by atoms with Crippen LogP contribution in [0.3, 0.4) is 0 Å². The van der Waals surface area contributed by atoms with Crippen molar-refractivity contribution in [1.29, 1.82) is 0 Å². The number of piperidine rings is 1. The highest BCUT2D eigenvalue weighted by molar-refractivity contribution is 7.14. The Hall–Kier alpha value is -3.79. The van der Waals surface area contributed by atoms with Crippen molar-refractivity contribution >= 4 is 45.4 Å². The minimum atomic E-state index is -0.673. The van der Waals surface area contributed by atoms with Crippen LogP contribution in [0.4, 0.5) is 22.2 Å². The summed E-state index contributed by atoms with van der Waals surface area (Å²) in [6.45, 7) is 5.01. The van der Waals surface area contributed by atoms with Crippen LogP contribution in [0.5, 0.6) is 0 Å². The SMILES string of the molecule is CC(=O)N(c1ccccc1)c1nc(COC(=O)c2ccc(N3CCC(C)CC3)c([N+](=O)[O-])c2)cs1. The molecule has 2 aromatic carbocycles. The van der Waals surface area contributed by atoms with Crippen LogP contribution in [0.1, 0.15) is 42.7 Å². The van der Waals surface area contributed by atoms with Crippen LogP contribution in [0.15, 0.2) is 53.9 Å². The number of hydrogen-bond donors (Lipinski definition) is 0. The van der Waals surface area contributed by atoms with Gasteiger partial charge in [-0.1, -0.05) is 25.1 Å². The van der Waals surface area contributed by atoms with Crippen LogP contribution in [0, 0.1) is 16.0 Å². The zero-order chi connectivity index (χ0) is 24.9. The lowest BCUT2D eigenvalue weighted by molar-refractivity contribution is -0.384. The number of ether oxygens (including phenoxy) is 1. The summed E-state index contributed by atoms with van der Waals surface area (Å²) in [7, 11) is 0. The molecule has 0 radical (unpaired) electrons. The number of hydrogen-bond acceptors (Lipinski definition) is 8. The average molecular weight is 495 g/mol. The fourth-order valence-electron chi connectivity index (χ4n) is 4.01. The van der Waals surface area contributed by atoms with Crippen LogP contribution in [0.2, 0.25) is 0 Å². The van der Waals surface area contributed by atoms with Gasteiger partial charge >= 0.3 is 5.97 Å². The molecule has 0 unspecified atom stereocenters. The van der Waals surface area contributed by atoms with Crippen molar-refractivity contribution in [2.24, 2.45) is 5.92 Å². The Kier molecular flexibility index (Phi) is 7.40. The third kappa shape index (κ3) is 5.65. The van der Waals surface area contributed by atoms with E-state index in [1.54, 1.807) is 17.5 Å². The molecule has 0 atom stereocenters. The van der Waals surface area contributed by atoms with Gasteiger partial charge in [0.15, 0.2) is 5.13 Å². The second-order valence-corrected chi connectivity index (χ2v) is 9.35. The Bertz CT molecular complexity index is 1220. The molecule has 0 N–H and O–H groups in total. The molecule has 10 heteroatoms. The molecule has 35 heavy (non-hydrogen) atoms. The van der Waals surface area contributed by atoms with Crippen LogP contribution >= 0.6 is 11.3 Å². The molecule has 1 aliphatic rings. The number of aromatic nitrogens is 1. The molecule has 1 aromatic heterocycles. The molecule has 1 saturated heterocycles. The van der Waals surface area contributed by atoms with Gasteiger partial charge < -0.3 is 9.64 Å². The van der Waals surface area contributed by atoms with Gasteiger partial charge in [-0.25, -0.2) is 9.78 Å². The summed E-state index contributed by atoms with van der Waals surface area (Å²) < 4.78 is 5.37. The van der Waals surface area contributed by atoms with Gasteiger partial charge in [-0.05, 0) is 43.0 Å². The Labute approximate surface area is 207 Å². The Morgan fingerprint density at radius 1 is 1.20 bits per heavy atom. The van der Waals surface area contributed by atoms with Gasteiger partial charge in [0.05, 0.1) is 21.9 Å². The molecular formula is C25H26N4O5S. The molecule has 0 spiro atoms. The smallest absolute Gasteiger partial charge is 0.338 e. The Morgan fingerprint density at radius 3 is 2.57 bits per heavy atom. The number of para-hydroxylation sites is 1. The second-order valence-electron chi connectivity index (χ2n) is 8.52. The van der Waals surface area contributed by atoms with E-state index in [4.69, 9.17) is 4.74 Å². The summed E-state index contributed by atoms with van der Waals surface area (Å²) in [5.41, 5.74) is 1.69. The molecule has 2 heterocycles. The third-order valence-electron chi connectivity index (χ3n) is 5.94. The monoisotopic (exact) mass is 494 g/mol. The Balaban J connectivity index is 1.45. The van der Waals surface area contributed by atoms with E-state index in [0.29, 0.717) is 28.1 Å². The van der Waals surface area contributed by atoms with E-state index in [-0.39, 0.29) is 23.8 Å². The fraction of sp³-hybridized carbons (Fsp3) is 0.320. The van der Waals surface area contributed by atoms with E-state index < -0.39 is 10.9 Å². The fourth-order valence-corrected chi connectivity index (χ4v) is 4.88. The van der Waals surface area contributed by atoms with E-state index in [1.165, 1.54) is 29.2 Å². The third-order valence-corrected chi connectivity index (χ3v) is 6.82. The minimum absolute atomic E-state index is 0.107. The summed E-state index contributed by atoms with van der Waals surface area (Å²) in [6.07, 6.45) is 1.95. The van der Waals surface area contributed by atoms with E-state index in [1.807, 2.05) is 35.2 Å². The van der Waals surface area contributed by atoms with Crippen molar-refractivity contribution in [3.05, 3.63) is 75.3 Å². The molecule has 182 valence electrons. The minimum Gasteiger partial charge on any atom is -0.456 e. The molecule has 0 aliphatic carbocycles. The number of rotatable bonds is 7. The highest BCUT2D eigenvalue weighted by Gasteiger charge is 2.25. The first-order valence-electron chi connectivity index (χ1n) is 11.3. The van der Waals surface area contributed by atoms with Crippen LogP contribution in [-0.4, -0.2) is 34.9 Å². The standard InChI is InChI=1S/C25H26N4O5S/c1-17-10-12-27(13-11-17)22-9-8-19(14-23(22)29(32)33)24(31)34-15-20-16-35-25(26-20)28(18(2)30)21-6-4-3-5-7-21/h3-9,14,16-17H,10-13,15H2,1-2H3. The summed E-state index contributed by atoms with van der Waals surface area (Å²) in [6, 6.07) is 13.6. The normalized spacial score (nSPS) is 13.9. The number of nitro groups is 1. The largest absolute Gasteiger partial charge is 0.456 e. The number of amides is 1. The average Bonchev–Trinajstić information content (AvgIpc) is 3.31. The number of carbonyl (C=O) groups excluding carboxylic acids is 2. The van der Waals surface area contributed by atoms with Gasteiger partial charge in [-0.15, -0.1) is 11.3 Å². The number of thiazole rings is 1. The maximum Gasteiger partial charge on any atom is 0.338 e. The van der Waals surface area contributed by atoms with Crippen LogP contribution < -0.4 is 9.80 Å². The molecule has 4 rings (SSSR count). The lowest BCUT2D eigenvalue weighted by Gasteiger charge is -2.31. The van der Waals surface area contributed by atoms with Gasteiger partial charge in [0.25, 0.3) is 5.69 Å². The number of benzene rings is 2. The second kappa shape index (κ2) is 10.6. The predicted octanol–water partition coefficient (Wildman–Crippen LogP) is 5.33. The van der Waals surface area contributed by atoms with Crippen molar-refractivity contribution < 1.29 is 19.2 Å². The summed E-state index contributed by atoms with van der Waals surface area (Å²) in [4.78, 5) is 44.0. The number of anilines is 3. The van der Waals surface area contributed by atoms with Gasteiger partial charge in [-0.2, -0.15) is 0 Å². The van der Waals surface area contributed by atoms with Crippen LogP contribution in [-0.2, 0) is 16.1 Å². The topological polar surface area (TPSA) is 106 Å². The predicted molar refractivity (Wildman–Crippen MR) is 134 cm³/mol. The highest BCUT2D eigenvalue weighted by Crippen LogP contribution is 2.33. The Morgan fingerprint density at radius 2 is 1.91 bits per heavy atom. The van der Waals surface area contributed by atoms with Gasteiger partial charge in [0, 0.05) is 31.5 Å².